The molecular formula is C59H69ClN12O6S2. The molecule has 6 aromatic rings. The lowest BCUT2D eigenvalue weighted by atomic mass is 10.00. The third-order valence-corrected chi connectivity index (χ3v) is 18.4. The average Bonchev–Trinajstić information content (AvgIpc) is 4.12. The van der Waals surface area contributed by atoms with Gasteiger partial charge in [-0.15, -0.1) is 22.7 Å². The Bertz CT molecular complexity index is 3190. The van der Waals surface area contributed by atoms with Gasteiger partial charge in [0.1, 0.15) is 17.5 Å². The molecule has 0 saturated heterocycles. The fraction of sp³-hybridized carbons (Fsp3) is 0.458. The Morgan fingerprint density at radius 3 is 1.86 bits per heavy atom. The van der Waals surface area contributed by atoms with Crippen molar-refractivity contribution in [1.82, 2.24) is 45.6 Å². The molecule has 2 unspecified atom stereocenters. The van der Waals surface area contributed by atoms with Crippen molar-refractivity contribution >= 4 is 69.8 Å². The van der Waals surface area contributed by atoms with E-state index in [1.165, 1.54) is 32.0 Å². The van der Waals surface area contributed by atoms with Crippen LogP contribution in [0.15, 0.2) is 77.5 Å². The highest BCUT2D eigenvalue weighted by Gasteiger charge is 2.42. The summed E-state index contributed by atoms with van der Waals surface area (Å²) in [6.45, 7) is 10.7. The predicted molar refractivity (Wildman–Crippen MR) is 312 cm³/mol. The number of hydrogen-bond acceptors (Lipinski definition) is 14. The monoisotopic (exact) mass is 1140 g/mol. The van der Waals surface area contributed by atoms with Crippen LogP contribution in [0.25, 0.3) is 0 Å². The van der Waals surface area contributed by atoms with Crippen molar-refractivity contribution in [3.05, 3.63) is 131 Å². The highest BCUT2D eigenvalue weighted by molar-refractivity contribution is 7.10. The van der Waals surface area contributed by atoms with Crippen molar-refractivity contribution in [2.45, 2.75) is 95.9 Å². The largest absolute Gasteiger partial charge is 0.478 e. The van der Waals surface area contributed by atoms with Crippen LogP contribution in [0.3, 0.4) is 0 Å². The van der Waals surface area contributed by atoms with Crippen LogP contribution >= 0.6 is 34.3 Å². The number of anilines is 3. The number of unbranched alkanes of at least 4 members (excludes halogenated alkanes) is 3. The van der Waals surface area contributed by atoms with E-state index in [4.69, 9.17) is 40.8 Å². The number of nitrogens with zero attached hydrogens (tertiary/aromatic N) is 8. The number of urea groups is 3. The van der Waals surface area contributed by atoms with Gasteiger partial charge in [0.05, 0.1) is 31.9 Å². The number of ether oxygens (including phenoxy) is 3. The van der Waals surface area contributed by atoms with Crippen molar-refractivity contribution in [3.8, 4) is 17.6 Å². The number of aromatic nitrogens is 3. The maximum absolute atomic E-state index is 14.9. The molecule has 6 aliphatic rings. The summed E-state index contributed by atoms with van der Waals surface area (Å²) in [6.07, 6.45) is 9.08. The first-order valence-electron chi connectivity index (χ1n) is 28.4. The minimum Gasteiger partial charge on any atom is -0.478 e. The number of thiophene rings is 2. The average molecular weight is 1140 g/mol. The SMILES string of the molecule is O=C1NCC(N2C(=O)NCC(N3C(=O)NCCc4ccc(OCCCCN5CCc6cc(Cl)ccc6C5)nc43)c3ccc(OCCCCN4CCc5sccc5C4)nc32)c2ccc(OCCCCN3CCc4ccsc4C3)nc2N1. The van der Waals surface area contributed by atoms with Gasteiger partial charge in [-0.1, -0.05) is 17.7 Å². The minimum absolute atomic E-state index is 0.0310. The van der Waals surface area contributed by atoms with Crippen LogP contribution in [0.1, 0.15) is 99.3 Å². The lowest BCUT2D eigenvalue weighted by Crippen LogP contribution is -2.47. The third-order valence-electron chi connectivity index (χ3n) is 16.2. The van der Waals surface area contributed by atoms with Gasteiger partial charge < -0.3 is 30.2 Å². The second-order valence-electron chi connectivity index (χ2n) is 21.5. The summed E-state index contributed by atoms with van der Waals surface area (Å²) in [5.74, 6) is 2.12. The Labute approximate surface area is 480 Å². The zero-order valence-corrected chi connectivity index (χ0v) is 47.4. The van der Waals surface area contributed by atoms with Crippen LogP contribution < -0.4 is 45.3 Å². The maximum atomic E-state index is 14.9. The highest BCUT2D eigenvalue weighted by Crippen LogP contribution is 2.42. The third kappa shape index (κ3) is 12.5. The van der Waals surface area contributed by atoms with Gasteiger partial charge in [0, 0.05) is 103 Å². The van der Waals surface area contributed by atoms with E-state index in [0.717, 1.165) is 127 Å². The molecular weight excluding hydrogens is 1070 g/mol. The molecule has 21 heteroatoms. The number of carbonyl (C=O) groups excluding carboxylic acids is 3. The molecule has 0 aliphatic carbocycles. The summed E-state index contributed by atoms with van der Waals surface area (Å²) in [7, 11) is 0. The number of hydrogen-bond donors (Lipinski definition) is 4. The molecule has 420 valence electrons. The van der Waals surface area contributed by atoms with E-state index < -0.39 is 24.1 Å². The van der Waals surface area contributed by atoms with Gasteiger partial charge in [0.2, 0.25) is 17.6 Å². The number of rotatable bonds is 20. The van der Waals surface area contributed by atoms with Crippen LogP contribution in [0.5, 0.6) is 17.6 Å². The molecule has 11 heterocycles. The zero-order chi connectivity index (χ0) is 54.4. The minimum atomic E-state index is -0.791. The van der Waals surface area contributed by atoms with Crippen LogP contribution in [-0.2, 0) is 45.3 Å². The summed E-state index contributed by atoms with van der Waals surface area (Å²) in [5.41, 5.74) is 7.61. The molecule has 0 spiro atoms. The number of benzene rings is 1. The number of nitrogens with one attached hydrogen (secondary N) is 4. The molecule has 0 fully saturated rings. The lowest BCUT2D eigenvalue weighted by Gasteiger charge is -2.32. The van der Waals surface area contributed by atoms with Crippen LogP contribution in [0.4, 0.5) is 31.8 Å². The first kappa shape index (κ1) is 54.1. The van der Waals surface area contributed by atoms with Crippen LogP contribution in [-0.4, -0.2) is 126 Å². The molecule has 0 bridgehead atoms. The molecule has 4 N–H and O–H groups in total. The fourth-order valence-electron chi connectivity index (χ4n) is 11.9. The van der Waals surface area contributed by atoms with Gasteiger partial charge in [-0.2, -0.15) is 15.0 Å². The molecule has 6 amide bonds. The zero-order valence-electron chi connectivity index (χ0n) is 45.1. The van der Waals surface area contributed by atoms with Gasteiger partial charge in [-0.3, -0.25) is 29.8 Å². The van der Waals surface area contributed by atoms with Crippen LogP contribution in [0.2, 0.25) is 5.02 Å². The lowest BCUT2D eigenvalue weighted by molar-refractivity contribution is 0.233. The molecule has 0 saturated carbocycles. The summed E-state index contributed by atoms with van der Waals surface area (Å²) in [5, 5.41) is 17.2. The van der Waals surface area contributed by atoms with E-state index in [9.17, 15) is 14.4 Å². The van der Waals surface area contributed by atoms with Crippen molar-refractivity contribution < 1.29 is 28.6 Å². The maximum Gasteiger partial charge on any atom is 0.323 e. The number of halogens is 1. The highest BCUT2D eigenvalue weighted by atomic mass is 35.5. The molecule has 2 atom stereocenters. The van der Waals surface area contributed by atoms with E-state index in [0.29, 0.717) is 67.4 Å². The standard InChI is InChI=1S/C59H69ClN12O6S2/c60-44-9-7-42-36-68(26-17-41(42)33-44)22-1-4-29-77-52-12-8-40-15-21-61-58(74)71(55(40)65-52)48-35-63-59(75)72(56-46(48)11-14-53(66-56)78-30-5-2-23-69-27-18-49-43(37-69)20-32-79-49)47-34-62-57(73)67-54-45(47)10-13-51(64-54)76-28-6-3-24-70-25-16-39-19-31-80-50(39)38-70/h7-14,19-20,31-33,47-48H,1-6,15-18,21-30,34-38H2,(H,61,74)(H,63,75)(H2,62,64,67,73). The van der Waals surface area contributed by atoms with Gasteiger partial charge >= 0.3 is 18.1 Å². The second-order valence-corrected chi connectivity index (χ2v) is 23.9. The van der Waals surface area contributed by atoms with Crippen molar-refractivity contribution in [3.63, 3.8) is 0 Å². The Kier molecular flexibility index (Phi) is 16.9. The number of amides is 6. The topological polar surface area (TPSA) is 182 Å². The second kappa shape index (κ2) is 25.1. The van der Waals surface area contributed by atoms with Crippen molar-refractivity contribution in [1.29, 1.82) is 0 Å². The quantitative estimate of drug-likeness (QED) is 0.0533. The van der Waals surface area contributed by atoms with E-state index >= 15 is 0 Å². The Morgan fingerprint density at radius 1 is 0.525 bits per heavy atom. The van der Waals surface area contributed by atoms with Crippen molar-refractivity contribution in [2.75, 3.05) is 93.8 Å². The molecule has 6 aliphatic heterocycles. The molecule has 18 nitrogen and oxygen atoms in total. The number of carbonyl (C=O) groups is 3. The van der Waals surface area contributed by atoms with E-state index in [1.54, 1.807) is 15.9 Å². The summed E-state index contributed by atoms with van der Waals surface area (Å²) in [4.78, 5) is 71.5. The van der Waals surface area contributed by atoms with Gasteiger partial charge in [0.25, 0.3) is 0 Å². The number of fused-ring (bicyclic) bond motifs is 6. The van der Waals surface area contributed by atoms with Crippen molar-refractivity contribution in [2.24, 2.45) is 0 Å². The fourth-order valence-corrected chi connectivity index (χ4v) is 13.9. The Morgan fingerprint density at radius 2 is 1.10 bits per heavy atom. The first-order valence-corrected chi connectivity index (χ1v) is 30.5. The molecule has 12 rings (SSSR count). The summed E-state index contributed by atoms with van der Waals surface area (Å²) < 4.78 is 18.9. The Hall–Kier alpha value is -6.55. The number of pyridine rings is 3. The molecule has 1 aromatic carbocycles. The normalized spacial score (nSPS) is 19.3. The van der Waals surface area contributed by atoms with E-state index in [-0.39, 0.29) is 30.8 Å². The van der Waals surface area contributed by atoms with Gasteiger partial charge in [-0.05, 0) is 165 Å². The summed E-state index contributed by atoms with van der Waals surface area (Å²) >= 11 is 9.95. The van der Waals surface area contributed by atoms with Crippen LogP contribution in [0, 0.1) is 0 Å². The van der Waals surface area contributed by atoms with Gasteiger partial charge in [-0.25, -0.2) is 14.4 Å². The molecule has 5 aromatic heterocycles. The van der Waals surface area contributed by atoms with E-state index in [2.05, 4.69) is 71.0 Å². The van der Waals surface area contributed by atoms with E-state index in [1.807, 2.05) is 59.1 Å². The first-order chi connectivity index (χ1) is 39.3. The smallest absolute Gasteiger partial charge is 0.323 e. The van der Waals surface area contributed by atoms with Gasteiger partial charge in [0.15, 0.2) is 0 Å². The predicted octanol–water partition coefficient (Wildman–Crippen LogP) is 9.52. The molecule has 80 heavy (non-hydrogen) atoms. The summed E-state index contributed by atoms with van der Waals surface area (Å²) in [6, 6.07) is 19.0. The Balaban J connectivity index is 0.768. The molecule has 0 radical (unpaired) electrons.